The molecule has 142 valence electrons. The Morgan fingerprint density at radius 3 is 2.41 bits per heavy atom. The standard InChI is InChI=1S/C22H27N3OS/c1-15(2)21(17-10-6-5-7-11-17)23-14-20(26)25(4)16(3)22-24-18-12-8-9-13-19(18)27-22/h5-13,15-16,21,23H,14H2,1-4H3/t16-,21+/m1/s1. The number of benzene rings is 2. The first-order valence-corrected chi connectivity index (χ1v) is 10.2. The minimum atomic E-state index is -0.0501. The van der Waals surface area contributed by atoms with E-state index in [-0.39, 0.29) is 18.0 Å². The van der Waals surface area contributed by atoms with Crippen LogP contribution in [-0.2, 0) is 4.79 Å². The van der Waals surface area contributed by atoms with Crippen molar-refractivity contribution >= 4 is 27.5 Å². The third kappa shape index (κ3) is 4.54. The molecule has 5 heteroatoms. The molecule has 4 nitrogen and oxygen atoms in total. The highest BCUT2D eigenvalue weighted by atomic mass is 32.1. The first kappa shape index (κ1) is 19.5. The molecule has 2 atom stereocenters. The van der Waals surface area contributed by atoms with Crippen LogP contribution in [0.5, 0.6) is 0 Å². The maximum absolute atomic E-state index is 12.8. The zero-order valence-electron chi connectivity index (χ0n) is 16.3. The summed E-state index contributed by atoms with van der Waals surface area (Å²) in [4.78, 5) is 19.2. The number of hydrogen-bond acceptors (Lipinski definition) is 4. The molecular formula is C22H27N3OS. The van der Waals surface area contributed by atoms with Crippen LogP contribution >= 0.6 is 11.3 Å². The Bertz CT molecular complexity index is 858. The first-order valence-electron chi connectivity index (χ1n) is 9.37. The van der Waals surface area contributed by atoms with E-state index in [1.165, 1.54) is 5.56 Å². The Hall–Kier alpha value is -2.24. The molecule has 0 fully saturated rings. The van der Waals surface area contributed by atoms with Gasteiger partial charge in [0.25, 0.3) is 0 Å². The zero-order valence-corrected chi connectivity index (χ0v) is 17.2. The van der Waals surface area contributed by atoms with Gasteiger partial charge in [0, 0.05) is 13.1 Å². The third-order valence-electron chi connectivity index (χ3n) is 4.94. The lowest BCUT2D eigenvalue weighted by Crippen LogP contribution is -2.39. The highest BCUT2D eigenvalue weighted by Gasteiger charge is 2.22. The largest absolute Gasteiger partial charge is 0.335 e. The Morgan fingerprint density at radius 1 is 1.07 bits per heavy atom. The van der Waals surface area contributed by atoms with Crippen molar-refractivity contribution in [1.82, 2.24) is 15.2 Å². The summed E-state index contributed by atoms with van der Waals surface area (Å²) < 4.78 is 1.15. The van der Waals surface area contributed by atoms with Crippen LogP contribution in [0, 0.1) is 5.92 Å². The summed E-state index contributed by atoms with van der Waals surface area (Å²) in [5.74, 6) is 0.468. The second-order valence-corrected chi connectivity index (χ2v) is 8.28. The quantitative estimate of drug-likeness (QED) is 0.639. The second kappa shape index (κ2) is 8.63. The van der Waals surface area contributed by atoms with E-state index in [1.807, 2.05) is 50.4 Å². The highest BCUT2D eigenvalue weighted by molar-refractivity contribution is 7.18. The number of hydrogen-bond donors (Lipinski definition) is 1. The average molecular weight is 382 g/mol. The average Bonchev–Trinajstić information content (AvgIpc) is 3.11. The SMILES string of the molecule is CC(C)[C@H](NCC(=O)N(C)[C@H](C)c1nc2ccccc2s1)c1ccccc1. The van der Waals surface area contributed by atoms with Crippen molar-refractivity contribution < 1.29 is 4.79 Å². The monoisotopic (exact) mass is 381 g/mol. The molecule has 3 rings (SSSR count). The van der Waals surface area contributed by atoms with Gasteiger partial charge in [-0.15, -0.1) is 11.3 Å². The molecule has 1 amide bonds. The van der Waals surface area contributed by atoms with Crippen LogP contribution in [0.4, 0.5) is 0 Å². The van der Waals surface area contributed by atoms with E-state index < -0.39 is 0 Å². The van der Waals surface area contributed by atoms with Gasteiger partial charge in [0.15, 0.2) is 0 Å². The molecule has 1 N–H and O–H groups in total. The van der Waals surface area contributed by atoms with Gasteiger partial charge in [-0.2, -0.15) is 0 Å². The summed E-state index contributed by atoms with van der Waals surface area (Å²) in [6, 6.07) is 18.5. The molecule has 0 saturated carbocycles. The lowest BCUT2D eigenvalue weighted by molar-refractivity contribution is -0.131. The number of nitrogens with one attached hydrogen (secondary N) is 1. The molecule has 2 aromatic carbocycles. The van der Waals surface area contributed by atoms with Crippen LogP contribution in [0.15, 0.2) is 54.6 Å². The smallest absolute Gasteiger partial charge is 0.236 e. The molecule has 1 aromatic heterocycles. The maximum atomic E-state index is 12.8. The number of thiazole rings is 1. The number of carbonyl (C=O) groups excluding carboxylic acids is 1. The fourth-order valence-electron chi connectivity index (χ4n) is 3.17. The van der Waals surface area contributed by atoms with Crippen LogP contribution in [-0.4, -0.2) is 29.4 Å². The van der Waals surface area contributed by atoms with E-state index in [0.717, 1.165) is 15.2 Å². The molecule has 0 aliphatic rings. The minimum absolute atomic E-state index is 0.0501. The molecule has 0 radical (unpaired) electrons. The lowest BCUT2D eigenvalue weighted by Gasteiger charge is -2.27. The van der Waals surface area contributed by atoms with Crippen molar-refractivity contribution in [3.8, 4) is 0 Å². The van der Waals surface area contributed by atoms with Crippen LogP contribution in [0.1, 0.15) is 43.4 Å². The van der Waals surface area contributed by atoms with E-state index in [1.54, 1.807) is 16.2 Å². The van der Waals surface area contributed by atoms with E-state index >= 15 is 0 Å². The molecule has 1 heterocycles. The lowest BCUT2D eigenvalue weighted by atomic mass is 9.96. The Balaban J connectivity index is 1.65. The molecular weight excluding hydrogens is 354 g/mol. The fraction of sp³-hybridized carbons (Fsp3) is 0.364. The summed E-state index contributed by atoms with van der Waals surface area (Å²) in [6.07, 6.45) is 0. The topological polar surface area (TPSA) is 45.2 Å². The second-order valence-electron chi connectivity index (χ2n) is 7.21. The Labute approximate surface area is 165 Å². The van der Waals surface area contributed by atoms with Crippen LogP contribution in [0.3, 0.4) is 0 Å². The molecule has 3 aromatic rings. The zero-order chi connectivity index (χ0) is 19.4. The van der Waals surface area contributed by atoms with Gasteiger partial charge in [-0.1, -0.05) is 56.3 Å². The molecule has 0 spiro atoms. The summed E-state index contributed by atoms with van der Waals surface area (Å²) in [5, 5.41) is 4.41. The van der Waals surface area contributed by atoms with Gasteiger partial charge < -0.3 is 10.2 Å². The van der Waals surface area contributed by atoms with E-state index in [2.05, 4.69) is 37.4 Å². The number of para-hydroxylation sites is 1. The van der Waals surface area contributed by atoms with Crippen LogP contribution < -0.4 is 5.32 Å². The fourth-order valence-corrected chi connectivity index (χ4v) is 4.23. The van der Waals surface area contributed by atoms with Crippen molar-refractivity contribution in [2.45, 2.75) is 32.9 Å². The normalized spacial score (nSPS) is 13.7. The number of aromatic nitrogens is 1. The van der Waals surface area contributed by atoms with E-state index in [9.17, 15) is 4.79 Å². The van der Waals surface area contributed by atoms with Gasteiger partial charge in [0.1, 0.15) is 5.01 Å². The molecule has 0 saturated heterocycles. The summed E-state index contributed by atoms with van der Waals surface area (Å²) in [5.41, 5.74) is 2.20. The van der Waals surface area contributed by atoms with Crippen molar-refractivity contribution in [3.05, 3.63) is 65.2 Å². The van der Waals surface area contributed by atoms with Crippen LogP contribution in [0.25, 0.3) is 10.2 Å². The predicted molar refractivity (Wildman–Crippen MR) is 113 cm³/mol. The molecule has 0 bridgehead atoms. The van der Waals surface area contributed by atoms with Crippen molar-refractivity contribution in [1.29, 1.82) is 0 Å². The summed E-state index contributed by atoms with van der Waals surface area (Å²) in [7, 11) is 1.85. The third-order valence-corrected chi connectivity index (χ3v) is 6.15. The van der Waals surface area contributed by atoms with Crippen LogP contribution in [0.2, 0.25) is 0 Å². The molecule has 0 aliphatic heterocycles. The van der Waals surface area contributed by atoms with Gasteiger partial charge >= 0.3 is 0 Å². The highest BCUT2D eigenvalue weighted by Crippen LogP contribution is 2.29. The van der Waals surface area contributed by atoms with E-state index in [4.69, 9.17) is 4.98 Å². The van der Waals surface area contributed by atoms with Gasteiger partial charge in [-0.05, 0) is 30.5 Å². The molecule has 27 heavy (non-hydrogen) atoms. The number of amides is 1. The first-order chi connectivity index (χ1) is 13.0. The summed E-state index contributed by atoms with van der Waals surface area (Å²) in [6.45, 7) is 6.68. The Kier molecular flexibility index (Phi) is 6.24. The van der Waals surface area contributed by atoms with Crippen molar-refractivity contribution in [2.75, 3.05) is 13.6 Å². The number of carbonyl (C=O) groups is 1. The predicted octanol–water partition coefficient (Wildman–Crippen LogP) is 4.80. The van der Waals surface area contributed by atoms with Gasteiger partial charge in [0.2, 0.25) is 5.91 Å². The van der Waals surface area contributed by atoms with E-state index in [0.29, 0.717) is 12.5 Å². The van der Waals surface area contributed by atoms with Gasteiger partial charge in [0.05, 0.1) is 22.8 Å². The maximum Gasteiger partial charge on any atom is 0.236 e. The molecule has 0 aliphatic carbocycles. The summed E-state index contributed by atoms with van der Waals surface area (Å²) >= 11 is 1.65. The minimum Gasteiger partial charge on any atom is -0.335 e. The van der Waals surface area contributed by atoms with Crippen molar-refractivity contribution in [3.63, 3.8) is 0 Å². The van der Waals surface area contributed by atoms with Gasteiger partial charge in [-0.3, -0.25) is 4.79 Å². The Morgan fingerprint density at radius 2 is 1.74 bits per heavy atom. The van der Waals surface area contributed by atoms with Crippen molar-refractivity contribution in [2.24, 2.45) is 5.92 Å². The number of nitrogens with zero attached hydrogens (tertiary/aromatic N) is 2. The van der Waals surface area contributed by atoms with Gasteiger partial charge in [-0.25, -0.2) is 4.98 Å². The number of rotatable bonds is 7. The number of likely N-dealkylation sites (N-methyl/N-ethyl adjacent to an activating group) is 1. The number of fused-ring (bicyclic) bond motifs is 1. The molecule has 0 unspecified atom stereocenters.